The molecule has 4 fully saturated rings. The van der Waals surface area contributed by atoms with Gasteiger partial charge in [0.1, 0.15) is 5.82 Å². The lowest BCUT2D eigenvalue weighted by Gasteiger charge is -2.54. The minimum atomic E-state index is -4.84. The lowest BCUT2D eigenvalue weighted by atomic mass is 9.57. The van der Waals surface area contributed by atoms with Crippen LogP contribution in [0.1, 0.15) is 49.7 Å². The highest BCUT2D eigenvalue weighted by Crippen LogP contribution is 2.51. The number of hydrogen-bond donors (Lipinski definition) is 2. The lowest BCUT2D eigenvalue weighted by molar-refractivity contribution is -0.137. The number of nitrogens with zero attached hydrogens (tertiary/aromatic N) is 3. The fourth-order valence-electron chi connectivity index (χ4n) is 9.79. The van der Waals surface area contributed by atoms with Gasteiger partial charge in [0.05, 0.1) is 22.5 Å². The molecule has 0 radical (unpaired) electrons. The van der Waals surface area contributed by atoms with E-state index in [0.717, 1.165) is 114 Å². The van der Waals surface area contributed by atoms with Crippen molar-refractivity contribution in [1.82, 2.24) is 15.1 Å². The number of piperidine rings is 1. The third kappa shape index (κ3) is 8.76. The van der Waals surface area contributed by atoms with Gasteiger partial charge in [-0.3, -0.25) is 4.79 Å². The predicted molar refractivity (Wildman–Crippen MR) is 213 cm³/mol. The molecule has 1 unspecified atom stereocenters. The molecule has 312 valence electrons. The van der Waals surface area contributed by atoms with Gasteiger partial charge in [-0.25, -0.2) is 17.6 Å². The van der Waals surface area contributed by atoms with Gasteiger partial charge < -0.3 is 30.1 Å². The molecular formula is C43H51F4N5O5S. The van der Waals surface area contributed by atoms with Crippen molar-refractivity contribution < 1.29 is 40.3 Å². The van der Waals surface area contributed by atoms with Crippen LogP contribution in [0.5, 0.6) is 0 Å². The summed E-state index contributed by atoms with van der Waals surface area (Å²) in [7, 11) is -2.96. The van der Waals surface area contributed by atoms with Gasteiger partial charge in [-0.15, -0.1) is 0 Å². The molecule has 0 bridgehead atoms. The van der Waals surface area contributed by atoms with E-state index in [1.54, 1.807) is 18.2 Å². The number of rotatable bonds is 13. The van der Waals surface area contributed by atoms with Gasteiger partial charge in [-0.1, -0.05) is 25.1 Å². The molecule has 2 N–H and O–H groups in total. The van der Waals surface area contributed by atoms with Crippen molar-refractivity contribution in [3.8, 4) is 0 Å². The Balaban J connectivity index is 1.00. The van der Waals surface area contributed by atoms with E-state index >= 15 is 4.39 Å². The molecule has 3 aromatic rings. The average Bonchev–Trinajstić information content (AvgIpc) is 3.64. The van der Waals surface area contributed by atoms with Crippen molar-refractivity contribution in [2.45, 2.75) is 65.9 Å². The van der Waals surface area contributed by atoms with E-state index in [4.69, 9.17) is 4.74 Å². The first-order valence-corrected chi connectivity index (χ1v) is 21.5. The van der Waals surface area contributed by atoms with Crippen LogP contribution >= 0.6 is 0 Å². The number of halogens is 4. The molecule has 3 aromatic carbocycles. The normalized spacial score (nSPS) is 22.1. The second kappa shape index (κ2) is 17.0. The first-order chi connectivity index (χ1) is 27.7. The summed E-state index contributed by atoms with van der Waals surface area (Å²) in [6.45, 7) is 10.4. The summed E-state index contributed by atoms with van der Waals surface area (Å²) in [6, 6.07) is 15.4. The Kier molecular flexibility index (Phi) is 12.2. The van der Waals surface area contributed by atoms with Gasteiger partial charge in [-0.2, -0.15) is 13.2 Å². The van der Waals surface area contributed by atoms with Crippen molar-refractivity contribution in [2.24, 2.45) is 17.8 Å². The molecule has 10 nitrogen and oxygen atoms in total. The van der Waals surface area contributed by atoms with Crippen LogP contribution in [-0.4, -0.2) is 95.7 Å². The summed E-state index contributed by atoms with van der Waals surface area (Å²) in [5.41, 5.74) is -0.0119. The van der Waals surface area contributed by atoms with Gasteiger partial charge >= 0.3 is 12.3 Å². The molecular weight excluding hydrogens is 775 g/mol. The molecule has 2 amide bonds. The Morgan fingerprint density at radius 2 is 1.60 bits per heavy atom. The summed E-state index contributed by atoms with van der Waals surface area (Å²) < 4.78 is 88.0. The average molecular weight is 826 g/mol. The molecule has 0 aromatic heterocycles. The molecule has 15 heteroatoms. The van der Waals surface area contributed by atoms with E-state index in [0.29, 0.717) is 18.1 Å². The highest BCUT2D eigenvalue weighted by molar-refractivity contribution is 7.91. The molecule has 0 spiro atoms. The van der Waals surface area contributed by atoms with Crippen LogP contribution in [0, 0.1) is 23.6 Å². The van der Waals surface area contributed by atoms with E-state index in [1.165, 1.54) is 25.3 Å². The number of carbonyl (C=O) groups excluding carboxylic acids is 2. The van der Waals surface area contributed by atoms with Crippen LogP contribution in [0.25, 0.3) is 0 Å². The predicted octanol–water partition coefficient (Wildman–Crippen LogP) is 7.12. The number of alkyl halides is 3. The SMILES string of the molecule is C=CC(=O)Nc1cc(C(F)(F)F)cc(S(=O)(=O)c2ccc(N3CC(CN4CCC(C(CN5CCC5)(c5cccc(F)c5)[C@H]5CCC[C@@H]5NC(=O)OC)CC4)C3)cc2)c1. The minimum Gasteiger partial charge on any atom is -0.453 e. The van der Waals surface area contributed by atoms with Crippen molar-refractivity contribution >= 4 is 33.2 Å². The number of amides is 2. The van der Waals surface area contributed by atoms with Crippen molar-refractivity contribution in [3.05, 3.63) is 96.3 Å². The fraction of sp³-hybridized carbons (Fsp3) is 0.488. The summed E-state index contributed by atoms with van der Waals surface area (Å²) in [6.07, 6.45) is 1.46. The zero-order valence-corrected chi connectivity index (χ0v) is 33.5. The Bertz CT molecular complexity index is 2080. The fourth-order valence-corrected chi connectivity index (χ4v) is 11.1. The van der Waals surface area contributed by atoms with Gasteiger partial charge in [0.25, 0.3) is 0 Å². The monoisotopic (exact) mass is 825 g/mol. The van der Waals surface area contributed by atoms with Crippen molar-refractivity contribution in [3.63, 3.8) is 0 Å². The maximum atomic E-state index is 15.0. The number of sulfone groups is 1. The zero-order chi connectivity index (χ0) is 41.2. The number of methoxy groups -OCH3 is 1. The maximum absolute atomic E-state index is 15.0. The van der Waals surface area contributed by atoms with Gasteiger partial charge in [0.2, 0.25) is 15.7 Å². The first kappa shape index (κ1) is 41.7. The molecule has 4 aliphatic rings. The number of ether oxygens (including phenoxy) is 1. The third-order valence-corrected chi connectivity index (χ3v) is 14.5. The highest BCUT2D eigenvalue weighted by atomic mass is 32.2. The Morgan fingerprint density at radius 1 is 0.879 bits per heavy atom. The smallest absolute Gasteiger partial charge is 0.416 e. The molecule has 1 saturated carbocycles. The van der Waals surface area contributed by atoms with E-state index in [9.17, 15) is 31.2 Å². The van der Waals surface area contributed by atoms with Crippen LogP contribution in [0.2, 0.25) is 0 Å². The van der Waals surface area contributed by atoms with Crippen LogP contribution < -0.4 is 15.5 Å². The summed E-state index contributed by atoms with van der Waals surface area (Å²) in [5.74, 6) is -0.192. The van der Waals surface area contributed by atoms with Crippen LogP contribution in [0.3, 0.4) is 0 Å². The molecule has 3 aliphatic heterocycles. The van der Waals surface area contributed by atoms with Crippen LogP contribution in [0.4, 0.5) is 33.7 Å². The molecule has 7 rings (SSSR count). The highest BCUT2D eigenvalue weighted by Gasteiger charge is 2.53. The van der Waals surface area contributed by atoms with E-state index in [-0.39, 0.29) is 39.7 Å². The van der Waals surface area contributed by atoms with Crippen molar-refractivity contribution in [1.29, 1.82) is 0 Å². The molecule has 3 saturated heterocycles. The topological polar surface area (TPSA) is 111 Å². The van der Waals surface area contributed by atoms with Crippen molar-refractivity contribution in [2.75, 3.05) is 69.7 Å². The Morgan fingerprint density at radius 3 is 2.22 bits per heavy atom. The molecule has 3 heterocycles. The second-order valence-electron chi connectivity index (χ2n) is 16.2. The number of carbonyl (C=O) groups is 2. The largest absolute Gasteiger partial charge is 0.453 e. The number of hydrogen-bond acceptors (Lipinski definition) is 8. The lowest BCUT2D eigenvalue weighted by Crippen LogP contribution is -2.60. The first-order valence-electron chi connectivity index (χ1n) is 20.0. The summed E-state index contributed by atoms with van der Waals surface area (Å²) >= 11 is 0. The van der Waals surface area contributed by atoms with Gasteiger partial charge in [0, 0.05) is 54.9 Å². The summed E-state index contributed by atoms with van der Waals surface area (Å²) in [5, 5.41) is 5.37. The van der Waals surface area contributed by atoms with Crippen LogP contribution in [0.15, 0.2) is 89.2 Å². The summed E-state index contributed by atoms with van der Waals surface area (Å²) in [4.78, 5) is 30.7. The maximum Gasteiger partial charge on any atom is 0.416 e. The minimum absolute atomic E-state index is 0.0600. The Hall–Kier alpha value is -4.47. The third-order valence-electron chi connectivity index (χ3n) is 12.8. The standard InChI is InChI=1S/C43H51F4N5O5S/c1-3-40(53)48-34-22-32(43(45,46)47)23-37(24-34)58(55,56)36-13-11-35(12-14-36)52-26-29(27-52)25-50-19-15-30(16-20-50)42(28-51-17-6-18-51,31-7-4-8-33(44)21-31)38-9-5-10-39(38)49-41(54)57-2/h3-4,7-8,11-14,21-24,29-30,38-39H,1,5-6,9-10,15-20,25-28H2,2H3,(H,48,53)(H,49,54)/t38-,39-,42?/m0/s1. The van der Waals surface area contributed by atoms with E-state index in [1.807, 2.05) is 6.07 Å². The van der Waals surface area contributed by atoms with Gasteiger partial charge in [0.15, 0.2) is 0 Å². The van der Waals surface area contributed by atoms with Crippen LogP contribution in [-0.2, 0) is 31.0 Å². The number of anilines is 2. The van der Waals surface area contributed by atoms with Gasteiger partial charge in [-0.05, 0) is 136 Å². The molecule has 58 heavy (non-hydrogen) atoms. The zero-order valence-electron chi connectivity index (χ0n) is 32.6. The van der Waals surface area contributed by atoms with E-state index in [2.05, 4.69) is 38.0 Å². The quantitative estimate of drug-likeness (QED) is 0.139. The number of nitrogens with one attached hydrogen (secondary N) is 2. The Labute approximate surface area is 337 Å². The second-order valence-corrected chi connectivity index (χ2v) is 18.2. The number of alkyl carbamates (subject to hydrolysis) is 1. The van der Waals surface area contributed by atoms with E-state index < -0.39 is 38.5 Å². The number of benzene rings is 3. The molecule has 3 atom stereocenters. The molecule has 1 aliphatic carbocycles. The number of likely N-dealkylation sites (tertiary alicyclic amines) is 2.